The van der Waals surface area contributed by atoms with Crippen LogP contribution < -0.4 is 9.47 Å². The number of fused-ring (bicyclic) bond motifs is 1. The summed E-state index contributed by atoms with van der Waals surface area (Å²) in [7, 11) is 3.50. The second-order valence-electron chi connectivity index (χ2n) is 8.00. The first kappa shape index (κ1) is 21.5. The second kappa shape index (κ2) is 9.62. The molecule has 6 nitrogen and oxygen atoms in total. The fourth-order valence-corrected chi connectivity index (χ4v) is 4.14. The van der Waals surface area contributed by atoms with Gasteiger partial charge in [-0.25, -0.2) is 0 Å². The van der Waals surface area contributed by atoms with Crippen molar-refractivity contribution >= 4 is 28.4 Å². The normalized spacial score (nSPS) is 16.9. The summed E-state index contributed by atoms with van der Waals surface area (Å²) in [5.41, 5.74) is 1.46. The Morgan fingerprint density at radius 1 is 1.19 bits per heavy atom. The fraction of sp³-hybridized carbons (Fsp3) is 0.375. The maximum Gasteiger partial charge on any atom is 0.270 e. The third-order valence-electron chi connectivity index (χ3n) is 5.74. The van der Waals surface area contributed by atoms with E-state index in [0.717, 1.165) is 54.9 Å². The smallest absolute Gasteiger partial charge is 0.270 e. The zero-order valence-electron chi connectivity index (χ0n) is 17.9. The van der Waals surface area contributed by atoms with Gasteiger partial charge in [-0.3, -0.25) is 9.69 Å². The standard InChI is InChI=1S/C24H28ClN3O3/c1-27(24(29)23-14-17-5-6-18(25)15-22(17)26-23)12-13-28-11-3-4-21(16-28)31-20-9-7-19(30-2)8-10-20/h5-10,14-15,21,26H,3-4,11-13,16H2,1-2H3. The van der Waals surface area contributed by atoms with Crippen LogP contribution in [-0.4, -0.2) is 67.1 Å². The summed E-state index contributed by atoms with van der Waals surface area (Å²) in [5.74, 6) is 1.66. The first-order chi connectivity index (χ1) is 15.0. The van der Waals surface area contributed by atoms with Crippen molar-refractivity contribution in [3.63, 3.8) is 0 Å². The first-order valence-electron chi connectivity index (χ1n) is 10.6. The van der Waals surface area contributed by atoms with Gasteiger partial charge in [0.15, 0.2) is 0 Å². The lowest BCUT2D eigenvalue weighted by Gasteiger charge is -2.33. The Labute approximate surface area is 187 Å². The predicted octanol–water partition coefficient (Wildman–Crippen LogP) is 4.45. The lowest BCUT2D eigenvalue weighted by molar-refractivity contribution is 0.0687. The number of methoxy groups -OCH3 is 1. The summed E-state index contributed by atoms with van der Waals surface area (Å²) < 4.78 is 11.4. The van der Waals surface area contributed by atoms with Crippen LogP contribution in [0.5, 0.6) is 11.5 Å². The summed E-state index contributed by atoms with van der Waals surface area (Å²) in [6.45, 7) is 3.36. The van der Waals surface area contributed by atoms with Gasteiger partial charge in [-0.1, -0.05) is 17.7 Å². The van der Waals surface area contributed by atoms with Crippen molar-refractivity contribution in [2.24, 2.45) is 0 Å². The van der Waals surface area contributed by atoms with Crippen LogP contribution in [0.25, 0.3) is 10.9 Å². The quantitative estimate of drug-likeness (QED) is 0.588. The van der Waals surface area contributed by atoms with Gasteiger partial charge in [-0.15, -0.1) is 0 Å². The molecule has 1 saturated heterocycles. The lowest BCUT2D eigenvalue weighted by Crippen LogP contribution is -2.44. The first-order valence-corrected chi connectivity index (χ1v) is 11.0. The molecule has 0 saturated carbocycles. The van der Waals surface area contributed by atoms with Crippen molar-refractivity contribution in [1.29, 1.82) is 0 Å². The highest BCUT2D eigenvalue weighted by Crippen LogP contribution is 2.22. The van der Waals surface area contributed by atoms with Crippen molar-refractivity contribution < 1.29 is 14.3 Å². The van der Waals surface area contributed by atoms with Crippen molar-refractivity contribution in [2.45, 2.75) is 18.9 Å². The molecule has 31 heavy (non-hydrogen) atoms. The summed E-state index contributed by atoms with van der Waals surface area (Å²) >= 11 is 6.05. The summed E-state index contributed by atoms with van der Waals surface area (Å²) in [4.78, 5) is 20.1. The molecule has 0 bridgehead atoms. The van der Waals surface area contributed by atoms with E-state index in [1.807, 2.05) is 55.6 Å². The van der Waals surface area contributed by atoms with Gasteiger partial charge in [-0.2, -0.15) is 0 Å². The Hall–Kier alpha value is -2.70. The number of nitrogens with zero attached hydrogens (tertiary/aromatic N) is 2. The monoisotopic (exact) mass is 441 g/mol. The number of H-pyrrole nitrogens is 1. The maximum atomic E-state index is 12.8. The van der Waals surface area contributed by atoms with Crippen LogP contribution in [0.1, 0.15) is 23.3 Å². The van der Waals surface area contributed by atoms with E-state index in [1.165, 1.54) is 0 Å². The molecule has 2 heterocycles. The number of halogens is 1. The van der Waals surface area contributed by atoms with E-state index in [1.54, 1.807) is 12.0 Å². The van der Waals surface area contributed by atoms with E-state index >= 15 is 0 Å². The Balaban J connectivity index is 1.29. The van der Waals surface area contributed by atoms with Crippen LogP contribution in [0.2, 0.25) is 5.02 Å². The predicted molar refractivity (Wildman–Crippen MR) is 123 cm³/mol. The van der Waals surface area contributed by atoms with E-state index in [2.05, 4.69) is 9.88 Å². The Morgan fingerprint density at radius 3 is 2.74 bits per heavy atom. The van der Waals surface area contributed by atoms with E-state index < -0.39 is 0 Å². The number of benzene rings is 2. The van der Waals surface area contributed by atoms with Crippen LogP contribution in [0.3, 0.4) is 0 Å². The SMILES string of the molecule is COc1ccc(OC2CCCN(CCN(C)C(=O)c3cc4ccc(Cl)cc4[nH]3)C2)cc1. The van der Waals surface area contributed by atoms with Crippen LogP contribution in [-0.2, 0) is 0 Å². The van der Waals surface area contributed by atoms with Crippen LogP contribution >= 0.6 is 11.6 Å². The Kier molecular flexibility index (Phi) is 6.68. The summed E-state index contributed by atoms with van der Waals surface area (Å²) in [6, 6.07) is 15.2. The molecule has 1 fully saturated rings. The molecule has 1 atom stereocenters. The zero-order chi connectivity index (χ0) is 21.8. The second-order valence-corrected chi connectivity index (χ2v) is 8.44. The number of rotatable bonds is 7. The highest BCUT2D eigenvalue weighted by atomic mass is 35.5. The van der Waals surface area contributed by atoms with Gasteiger partial charge in [0, 0.05) is 42.6 Å². The fourth-order valence-electron chi connectivity index (χ4n) is 3.97. The van der Waals surface area contributed by atoms with Gasteiger partial charge < -0.3 is 19.4 Å². The molecule has 4 rings (SSSR count). The summed E-state index contributed by atoms with van der Waals surface area (Å²) in [5, 5.41) is 1.63. The number of nitrogens with one attached hydrogen (secondary N) is 1. The third-order valence-corrected chi connectivity index (χ3v) is 5.97. The molecule has 1 aliphatic rings. The molecule has 2 aromatic carbocycles. The van der Waals surface area contributed by atoms with Crippen molar-refractivity contribution in [3.05, 3.63) is 59.2 Å². The lowest BCUT2D eigenvalue weighted by atomic mass is 10.1. The highest BCUT2D eigenvalue weighted by molar-refractivity contribution is 6.31. The molecule has 1 aliphatic heterocycles. The Morgan fingerprint density at radius 2 is 1.97 bits per heavy atom. The molecular weight excluding hydrogens is 414 g/mol. The number of likely N-dealkylation sites (tertiary alicyclic amines) is 1. The number of aromatic amines is 1. The van der Waals surface area contributed by atoms with E-state index in [4.69, 9.17) is 21.1 Å². The summed E-state index contributed by atoms with van der Waals surface area (Å²) in [6.07, 6.45) is 2.28. The average Bonchev–Trinajstić information content (AvgIpc) is 3.21. The number of carbonyl (C=O) groups excluding carboxylic acids is 1. The molecule has 0 radical (unpaired) electrons. The number of likely N-dealkylation sites (N-methyl/N-ethyl adjacent to an activating group) is 1. The number of carbonyl (C=O) groups is 1. The van der Waals surface area contributed by atoms with E-state index in [-0.39, 0.29) is 12.0 Å². The molecular formula is C24H28ClN3O3. The van der Waals surface area contributed by atoms with Gasteiger partial charge in [0.1, 0.15) is 23.3 Å². The molecule has 1 unspecified atom stereocenters. The number of ether oxygens (including phenoxy) is 2. The topological polar surface area (TPSA) is 57.8 Å². The molecule has 3 aromatic rings. The van der Waals surface area contributed by atoms with Gasteiger partial charge >= 0.3 is 0 Å². The third kappa shape index (κ3) is 5.32. The van der Waals surface area contributed by atoms with Crippen LogP contribution in [0, 0.1) is 0 Å². The van der Waals surface area contributed by atoms with E-state index in [0.29, 0.717) is 17.3 Å². The van der Waals surface area contributed by atoms with Gasteiger partial charge in [0.25, 0.3) is 5.91 Å². The average molecular weight is 442 g/mol. The largest absolute Gasteiger partial charge is 0.497 e. The maximum absolute atomic E-state index is 12.8. The molecule has 1 N–H and O–H groups in total. The molecule has 1 aromatic heterocycles. The van der Waals surface area contributed by atoms with Crippen LogP contribution in [0.4, 0.5) is 0 Å². The molecule has 1 amide bonds. The minimum Gasteiger partial charge on any atom is -0.497 e. The van der Waals surface area contributed by atoms with Crippen molar-refractivity contribution in [3.8, 4) is 11.5 Å². The molecule has 0 spiro atoms. The number of amides is 1. The number of hydrogen-bond acceptors (Lipinski definition) is 4. The zero-order valence-corrected chi connectivity index (χ0v) is 18.7. The molecule has 7 heteroatoms. The van der Waals surface area contributed by atoms with Gasteiger partial charge in [0.05, 0.1) is 7.11 Å². The van der Waals surface area contributed by atoms with Gasteiger partial charge in [-0.05, 0) is 61.9 Å². The number of aromatic nitrogens is 1. The van der Waals surface area contributed by atoms with Crippen molar-refractivity contribution in [1.82, 2.24) is 14.8 Å². The van der Waals surface area contributed by atoms with Gasteiger partial charge in [0.2, 0.25) is 0 Å². The minimum absolute atomic E-state index is 0.0182. The minimum atomic E-state index is -0.0182. The van der Waals surface area contributed by atoms with Crippen molar-refractivity contribution in [2.75, 3.05) is 40.3 Å². The molecule has 164 valence electrons. The van der Waals surface area contributed by atoms with Crippen LogP contribution in [0.15, 0.2) is 48.5 Å². The molecule has 0 aliphatic carbocycles. The number of piperidine rings is 1. The van der Waals surface area contributed by atoms with E-state index in [9.17, 15) is 4.79 Å². The highest BCUT2D eigenvalue weighted by Gasteiger charge is 2.22. The number of hydrogen-bond donors (Lipinski definition) is 1. The Bertz CT molecular complexity index is 1030.